The average Bonchev–Trinajstić information content (AvgIpc) is 2.73. The van der Waals surface area contributed by atoms with Gasteiger partial charge in [-0.05, 0) is 80.5 Å². The van der Waals surface area contributed by atoms with Crippen LogP contribution in [0.2, 0.25) is 0 Å². The van der Waals surface area contributed by atoms with Crippen LogP contribution in [0.25, 0.3) is 0 Å². The minimum atomic E-state index is -3.77. The molecule has 2 N–H and O–H groups in total. The lowest BCUT2D eigenvalue weighted by atomic mass is 9.53. The van der Waals surface area contributed by atoms with Crippen molar-refractivity contribution in [3.05, 3.63) is 36.5 Å². The van der Waals surface area contributed by atoms with Crippen LogP contribution in [0.3, 0.4) is 0 Å². The Morgan fingerprint density at radius 1 is 0.935 bits per heavy atom. The van der Waals surface area contributed by atoms with Crippen LogP contribution in [0.15, 0.2) is 41.4 Å². The quantitative estimate of drug-likeness (QED) is 0.664. The van der Waals surface area contributed by atoms with Gasteiger partial charge in [0.2, 0.25) is 0 Å². The van der Waals surface area contributed by atoms with Gasteiger partial charge in [-0.15, -0.1) is 0 Å². The second-order valence-corrected chi connectivity index (χ2v) is 11.1. The lowest BCUT2D eigenvalue weighted by molar-refractivity contribution is 0.0105. The smallest absolute Gasteiger partial charge is 0.262 e. The molecule has 8 heteroatoms. The molecule has 0 atom stereocenters. The van der Waals surface area contributed by atoms with Crippen LogP contribution < -0.4 is 19.5 Å². The molecule has 31 heavy (non-hydrogen) atoms. The number of pyridine rings is 1. The summed E-state index contributed by atoms with van der Waals surface area (Å²) in [7, 11) is -0.791. The van der Waals surface area contributed by atoms with Crippen LogP contribution in [-0.2, 0) is 10.0 Å². The van der Waals surface area contributed by atoms with Crippen LogP contribution in [0.1, 0.15) is 38.5 Å². The molecule has 1 aromatic heterocycles. The van der Waals surface area contributed by atoms with Crippen molar-refractivity contribution in [1.29, 1.82) is 0 Å². The van der Waals surface area contributed by atoms with E-state index in [0.717, 1.165) is 23.6 Å². The van der Waals surface area contributed by atoms with E-state index in [1.165, 1.54) is 64.9 Å². The van der Waals surface area contributed by atoms with Gasteiger partial charge in [-0.1, -0.05) is 0 Å². The van der Waals surface area contributed by atoms with Gasteiger partial charge in [0, 0.05) is 11.6 Å². The molecule has 0 unspecified atom stereocenters. The van der Waals surface area contributed by atoms with E-state index in [1.807, 2.05) is 6.07 Å². The van der Waals surface area contributed by atoms with E-state index in [2.05, 4.69) is 15.0 Å². The van der Waals surface area contributed by atoms with Crippen LogP contribution in [-0.4, -0.2) is 33.2 Å². The number of sulfonamides is 1. The number of ether oxygens (including phenoxy) is 2. The van der Waals surface area contributed by atoms with Gasteiger partial charge in [0.15, 0.2) is 11.5 Å². The van der Waals surface area contributed by atoms with Gasteiger partial charge in [-0.2, -0.15) is 0 Å². The lowest BCUT2D eigenvalue weighted by Gasteiger charge is -2.57. The molecule has 4 aliphatic rings. The van der Waals surface area contributed by atoms with Crippen molar-refractivity contribution in [1.82, 2.24) is 4.98 Å². The van der Waals surface area contributed by atoms with Gasteiger partial charge in [0.1, 0.15) is 5.82 Å². The minimum Gasteiger partial charge on any atom is -0.493 e. The predicted octanol–water partition coefficient (Wildman–Crippen LogP) is 4.28. The molecule has 0 saturated heterocycles. The molecule has 7 nitrogen and oxygen atoms in total. The number of hydrogen-bond acceptors (Lipinski definition) is 6. The van der Waals surface area contributed by atoms with Crippen molar-refractivity contribution in [3.63, 3.8) is 0 Å². The highest BCUT2D eigenvalue weighted by atomic mass is 32.2. The molecule has 0 aliphatic heterocycles. The largest absolute Gasteiger partial charge is 0.493 e. The second kappa shape index (κ2) is 7.58. The zero-order valence-electron chi connectivity index (χ0n) is 17.9. The Balaban J connectivity index is 1.29. The summed E-state index contributed by atoms with van der Waals surface area (Å²) in [6.07, 6.45) is 9.44. The number of methoxy groups -OCH3 is 2. The standard InChI is InChI=1S/C23H29N3O4S/c1-29-20-5-4-19(10-21(20)30-2)31(27,28)26-18-3-6-22(24-14-18)25-23-11-15-7-16(12-23)9-17(8-15)13-23/h3-6,10,14-17,26H,7-9,11-13H2,1-2H3,(H,24,25). The van der Waals surface area contributed by atoms with Crippen molar-refractivity contribution in [2.75, 3.05) is 24.3 Å². The van der Waals surface area contributed by atoms with Gasteiger partial charge in [0.25, 0.3) is 10.0 Å². The first kappa shape index (κ1) is 20.4. The molecule has 4 saturated carbocycles. The van der Waals surface area contributed by atoms with E-state index in [4.69, 9.17) is 9.47 Å². The molecule has 4 fully saturated rings. The van der Waals surface area contributed by atoms with Gasteiger partial charge >= 0.3 is 0 Å². The molecular weight excluding hydrogens is 414 g/mol. The highest BCUT2D eigenvalue weighted by molar-refractivity contribution is 7.92. The van der Waals surface area contributed by atoms with Crippen molar-refractivity contribution in [2.45, 2.75) is 49.0 Å². The zero-order chi connectivity index (χ0) is 21.6. The van der Waals surface area contributed by atoms with Crippen LogP contribution in [0, 0.1) is 17.8 Å². The van der Waals surface area contributed by atoms with E-state index in [1.54, 1.807) is 18.3 Å². The topological polar surface area (TPSA) is 89.6 Å². The molecule has 1 aromatic carbocycles. The van der Waals surface area contributed by atoms with Crippen LogP contribution in [0.4, 0.5) is 11.5 Å². The average molecular weight is 444 g/mol. The number of benzene rings is 1. The minimum absolute atomic E-state index is 0.0981. The maximum absolute atomic E-state index is 12.8. The maximum atomic E-state index is 12.8. The fraction of sp³-hybridized carbons (Fsp3) is 0.522. The lowest BCUT2D eigenvalue weighted by Crippen LogP contribution is -2.54. The number of aromatic nitrogens is 1. The summed E-state index contributed by atoms with van der Waals surface area (Å²) in [5, 5.41) is 3.72. The fourth-order valence-electron chi connectivity index (χ4n) is 6.26. The first-order chi connectivity index (χ1) is 14.9. The third kappa shape index (κ3) is 3.93. The SMILES string of the molecule is COc1ccc(S(=O)(=O)Nc2ccc(NC34CC5CC(CC(C5)C3)C4)nc2)cc1OC. The predicted molar refractivity (Wildman–Crippen MR) is 119 cm³/mol. The molecule has 2 aromatic rings. The Morgan fingerprint density at radius 3 is 2.13 bits per heavy atom. The summed E-state index contributed by atoms with van der Waals surface area (Å²) in [4.78, 5) is 4.61. The second-order valence-electron chi connectivity index (χ2n) is 9.38. The van der Waals surface area contributed by atoms with E-state index >= 15 is 0 Å². The molecule has 6 rings (SSSR count). The van der Waals surface area contributed by atoms with Gasteiger partial charge in [0.05, 0.1) is 31.0 Å². The van der Waals surface area contributed by atoms with Crippen molar-refractivity contribution >= 4 is 21.5 Å². The van der Waals surface area contributed by atoms with E-state index in [-0.39, 0.29) is 10.4 Å². The molecule has 0 radical (unpaired) electrons. The van der Waals surface area contributed by atoms with Gasteiger partial charge < -0.3 is 14.8 Å². The Bertz CT molecular complexity index is 1030. The molecule has 4 aliphatic carbocycles. The Labute approximate surface area is 183 Å². The van der Waals surface area contributed by atoms with Gasteiger partial charge in [-0.25, -0.2) is 13.4 Å². The Morgan fingerprint density at radius 2 is 1.58 bits per heavy atom. The third-order valence-electron chi connectivity index (χ3n) is 7.11. The molecule has 4 bridgehead atoms. The molecule has 1 heterocycles. The first-order valence-corrected chi connectivity index (χ1v) is 12.4. The summed E-state index contributed by atoms with van der Waals surface area (Å²) in [5.41, 5.74) is 0.591. The Kier molecular flexibility index (Phi) is 5.00. The fourth-order valence-corrected chi connectivity index (χ4v) is 7.32. The summed E-state index contributed by atoms with van der Waals surface area (Å²) < 4.78 is 38.6. The molecule has 0 spiro atoms. The van der Waals surface area contributed by atoms with E-state index in [9.17, 15) is 8.42 Å². The normalized spacial score (nSPS) is 28.9. The number of nitrogens with zero attached hydrogens (tertiary/aromatic N) is 1. The highest BCUT2D eigenvalue weighted by Crippen LogP contribution is 2.56. The summed E-state index contributed by atoms with van der Waals surface area (Å²) >= 11 is 0. The van der Waals surface area contributed by atoms with E-state index < -0.39 is 10.0 Å². The van der Waals surface area contributed by atoms with Crippen LogP contribution in [0.5, 0.6) is 11.5 Å². The summed E-state index contributed by atoms with van der Waals surface area (Å²) in [6, 6.07) is 8.13. The molecule has 0 amide bonds. The maximum Gasteiger partial charge on any atom is 0.262 e. The summed E-state index contributed by atoms with van der Waals surface area (Å²) in [5.74, 6) is 4.21. The van der Waals surface area contributed by atoms with Crippen molar-refractivity contribution in [3.8, 4) is 11.5 Å². The van der Waals surface area contributed by atoms with Crippen molar-refractivity contribution in [2.24, 2.45) is 17.8 Å². The molecule has 166 valence electrons. The monoisotopic (exact) mass is 443 g/mol. The number of rotatable bonds is 7. The van der Waals surface area contributed by atoms with Gasteiger partial charge in [-0.3, -0.25) is 4.72 Å². The van der Waals surface area contributed by atoms with E-state index in [0.29, 0.717) is 17.2 Å². The number of anilines is 2. The Hall–Kier alpha value is -2.48. The summed E-state index contributed by atoms with van der Waals surface area (Å²) in [6.45, 7) is 0. The van der Waals surface area contributed by atoms with Crippen LogP contribution >= 0.6 is 0 Å². The third-order valence-corrected chi connectivity index (χ3v) is 8.49. The first-order valence-electron chi connectivity index (χ1n) is 10.9. The zero-order valence-corrected chi connectivity index (χ0v) is 18.7. The number of nitrogens with one attached hydrogen (secondary N) is 2. The highest BCUT2D eigenvalue weighted by Gasteiger charge is 2.51. The van der Waals surface area contributed by atoms with Crippen molar-refractivity contribution < 1.29 is 17.9 Å². The number of hydrogen-bond donors (Lipinski definition) is 2. The molecular formula is C23H29N3O4S.